The number of carbonyl (C=O) groups excluding carboxylic acids is 2. The molecule has 0 atom stereocenters. The van der Waals surface area contributed by atoms with E-state index in [9.17, 15) is 9.59 Å². The van der Waals surface area contributed by atoms with Crippen LogP contribution in [0.5, 0.6) is 11.5 Å². The lowest BCUT2D eigenvalue weighted by Crippen LogP contribution is -2.32. The normalized spacial score (nSPS) is 11.1. The van der Waals surface area contributed by atoms with Gasteiger partial charge in [0.15, 0.2) is 18.1 Å². The first kappa shape index (κ1) is 18.5. The van der Waals surface area contributed by atoms with Gasteiger partial charge in [-0.2, -0.15) is 5.10 Å². The van der Waals surface area contributed by atoms with Gasteiger partial charge in [-0.15, -0.1) is 0 Å². The van der Waals surface area contributed by atoms with Crippen molar-refractivity contribution in [3.8, 4) is 11.5 Å². The van der Waals surface area contributed by atoms with Crippen molar-refractivity contribution < 1.29 is 19.1 Å². The van der Waals surface area contributed by atoms with Crippen molar-refractivity contribution in [2.75, 3.05) is 13.7 Å². The molecule has 0 aliphatic rings. The highest BCUT2D eigenvalue weighted by Crippen LogP contribution is 2.25. The average molecular weight is 321 g/mol. The van der Waals surface area contributed by atoms with Crippen LogP contribution in [-0.4, -0.2) is 37.3 Å². The fourth-order valence-electron chi connectivity index (χ4n) is 1.72. The van der Waals surface area contributed by atoms with Crippen LogP contribution in [0.25, 0.3) is 0 Å². The SMILES string of the molecule is COc1ccccc1OCC(=O)N/N=C(/C)CC(=O)NC(C)C. The molecule has 0 spiro atoms. The van der Waals surface area contributed by atoms with E-state index in [2.05, 4.69) is 15.8 Å². The number of nitrogens with zero attached hydrogens (tertiary/aromatic N) is 1. The molecule has 0 saturated carbocycles. The van der Waals surface area contributed by atoms with E-state index in [1.165, 1.54) is 7.11 Å². The number of hydrogen-bond acceptors (Lipinski definition) is 5. The number of ether oxygens (including phenoxy) is 2. The van der Waals surface area contributed by atoms with Gasteiger partial charge >= 0.3 is 0 Å². The molecule has 2 amide bonds. The summed E-state index contributed by atoms with van der Waals surface area (Å²) in [7, 11) is 1.53. The Hall–Kier alpha value is -2.57. The number of hydrogen-bond donors (Lipinski definition) is 2. The van der Waals surface area contributed by atoms with Gasteiger partial charge in [0.1, 0.15) is 0 Å². The first-order valence-electron chi connectivity index (χ1n) is 7.29. The molecule has 0 unspecified atom stereocenters. The van der Waals surface area contributed by atoms with Gasteiger partial charge in [0.05, 0.1) is 13.5 Å². The van der Waals surface area contributed by atoms with Crippen molar-refractivity contribution in [2.45, 2.75) is 33.2 Å². The zero-order valence-electron chi connectivity index (χ0n) is 13.9. The number of methoxy groups -OCH3 is 1. The second-order valence-electron chi connectivity index (χ2n) is 5.22. The second kappa shape index (κ2) is 9.45. The smallest absolute Gasteiger partial charge is 0.277 e. The molecule has 0 saturated heterocycles. The maximum Gasteiger partial charge on any atom is 0.277 e. The first-order chi connectivity index (χ1) is 10.9. The van der Waals surface area contributed by atoms with Gasteiger partial charge < -0.3 is 14.8 Å². The Morgan fingerprint density at radius 2 is 1.83 bits per heavy atom. The molecule has 1 aromatic rings. The van der Waals surface area contributed by atoms with Crippen LogP contribution in [0, 0.1) is 0 Å². The zero-order chi connectivity index (χ0) is 17.2. The Balaban J connectivity index is 2.41. The molecule has 23 heavy (non-hydrogen) atoms. The van der Waals surface area contributed by atoms with E-state index >= 15 is 0 Å². The highest BCUT2D eigenvalue weighted by atomic mass is 16.5. The Bertz CT molecular complexity index is 570. The Morgan fingerprint density at radius 1 is 1.17 bits per heavy atom. The lowest BCUT2D eigenvalue weighted by Gasteiger charge is -2.10. The maximum atomic E-state index is 11.7. The number of amides is 2. The first-order valence-corrected chi connectivity index (χ1v) is 7.29. The summed E-state index contributed by atoms with van der Waals surface area (Å²) in [5, 5.41) is 6.62. The molecular weight excluding hydrogens is 298 g/mol. The molecule has 1 rings (SSSR count). The van der Waals surface area contributed by atoms with Gasteiger partial charge in [-0.1, -0.05) is 12.1 Å². The fraction of sp³-hybridized carbons (Fsp3) is 0.438. The standard InChI is InChI=1S/C16H23N3O4/c1-11(2)17-15(20)9-12(3)18-19-16(21)10-23-14-8-6-5-7-13(14)22-4/h5-8,11H,9-10H2,1-4H3,(H,17,20)(H,19,21)/b18-12-. The third-order valence-electron chi connectivity index (χ3n) is 2.67. The van der Waals surface area contributed by atoms with E-state index in [-0.39, 0.29) is 25.0 Å². The Labute approximate surface area is 136 Å². The van der Waals surface area contributed by atoms with Crippen LogP contribution < -0.4 is 20.2 Å². The van der Waals surface area contributed by atoms with Gasteiger partial charge in [0.2, 0.25) is 5.91 Å². The van der Waals surface area contributed by atoms with Crippen molar-refractivity contribution in [2.24, 2.45) is 5.10 Å². The van der Waals surface area contributed by atoms with Gasteiger partial charge in [-0.25, -0.2) is 5.43 Å². The Kier molecular flexibility index (Phi) is 7.59. The summed E-state index contributed by atoms with van der Waals surface area (Å²) >= 11 is 0. The van der Waals surface area contributed by atoms with E-state index in [1.54, 1.807) is 25.1 Å². The number of benzene rings is 1. The summed E-state index contributed by atoms with van der Waals surface area (Å²) in [6.07, 6.45) is 0.131. The number of rotatable bonds is 8. The molecule has 0 aliphatic carbocycles. The topological polar surface area (TPSA) is 89.0 Å². The Morgan fingerprint density at radius 3 is 2.43 bits per heavy atom. The van der Waals surface area contributed by atoms with Crippen LogP contribution in [0.2, 0.25) is 0 Å². The molecule has 0 radical (unpaired) electrons. The minimum atomic E-state index is -0.417. The number of nitrogens with one attached hydrogen (secondary N) is 2. The monoisotopic (exact) mass is 321 g/mol. The number of para-hydroxylation sites is 2. The summed E-state index contributed by atoms with van der Waals surface area (Å²) in [5.41, 5.74) is 2.86. The lowest BCUT2D eigenvalue weighted by molar-refractivity contribution is -0.123. The van der Waals surface area contributed by atoms with Crippen LogP contribution in [0.4, 0.5) is 0 Å². The third kappa shape index (κ3) is 7.30. The fourth-order valence-corrected chi connectivity index (χ4v) is 1.72. The van der Waals surface area contributed by atoms with Gasteiger partial charge in [0.25, 0.3) is 5.91 Å². The number of hydrazone groups is 1. The van der Waals surface area contributed by atoms with E-state index < -0.39 is 5.91 Å². The predicted octanol–water partition coefficient (Wildman–Crippen LogP) is 1.48. The molecule has 2 N–H and O–H groups in total. The molecule has 0 bridgehead atoms. The van der Waals surface area contributed by atoms with E-state index in [4.69, 9.17) is 9.47 Å². The second-order valence-corrected chi connectivity index (χ2v) is 5.22. The largest absolute Gasteiger partial charge is 0.493 e. The summed E-state index contributed by atoms with van der Waals surface area (Å²) in [6.45, 7) is 5.22. The van der Waals surface area contributed by atoms with Crippen molar-refractivity contribution in [3.05, 3.63) is 24.3 Å². The molecule has 1 aromatic carbocycles. The third-order valence-corrected chi connectivity index (χ3v) is 2.67. The minimum Gasteiger partial charge on any atom is -0.493 e. The van der Waals surface area contributed by atoms with E-state index in [0.717, 1.165) is 0 Å². The van der Waals surface area contributed by atoms with Crippen LogP contribution >= 0.6 is 0 Å². The highest BCUT2D eigenvalue weighted by Gasteiger charge is 2.08. The molecule has 0 fully saturated rings. The summed E-state index contributed by atoms with van der Waals surface area (Å²) < 4.78 is 10.5. The predicted molar refractivity (Wildman–Crippen MR) is 87.6 cm³/mol. The van der Waals surface area contributed by atoms with Crippen LogP contribution in [0.3, 0.4) is 0 Å². The van der Waals surface area contributed by atoms with E-state index in [0.29, 0.717) is 17.2 Å². The lowest BCUT2D eigenvalue weighted by atomic mass is 10.2. The van der Waals surface area contributed by atoms with Crippen LogP contribution in [0.15, 0.2) is 29.4 Å². The van der Waals surface area contributed by atoms with Crippen LogP contribution in [-0.2, 0) is 9.59 Å². The quantitative estimate of drug-likeness (QED) is 0.561. The molecule has 0 aliphatic heterocycles. The van der Waals surface area contributed by atoms with Gasteiger partial charge in [-0.05, 0) is 32.9 Å². The minimum absolute atomic E-state index is 0.0687. The van der Waals surface area contributed by atoms with Gasteiger partial charge in [0, 0.05) is 11.8 Å². The molecule has 7 heteroatoms. The van der Waals surface area contributed by atoms with E-state index in [1.807, 2.05) is 19.9 Å². The van der Waals surface area contributed by atoms with Crippen LogP contribution in [0.1, 0.15) is 27.2 Å². The summed E-state index contributed by atoms with van der Waals surface area (Å²) in [4.78, 5) is 23.2. The van der Waals surface area contributed by atoms with Crippen molar-refractivity contribution >= 4 is 17.5 Å². The molecule has 0 heterocycles. The molecule has 7 nitrogen and oxygen atoms in total. The zero-order valence-corrected chi connectivity index (χ0v) is 13.9. The average Bonchev–Trinajstić information content (AvgIpc) is 2.50. The summed E-state index contributed by atoms with van der Waals surface area (Å²) in [6, 6.07) is 7.10. The van der Waals surface area contributed by atoms with Crippen molar-refractivity contribution in [1.82, 2.24) is 10.7 Å². The maximum absolute atomic E-state index is 11.7. The number of carbonyl (C=O) groups is 2. The van der Waals surface area contributed by atoms with Crippen molar-refractivity contribution in [1.29, 1.82) is 0 Å². The van der Waals surface area contributed by atoms with Gasteiger partial charge in [-0.3, -0.25) is 9.59 Å². The molecule has 126 valence electrons. The highest BCUT2D eigenvalue weighted by molar-refractivity contribution is 6.00. The molecule has 0 aromatic heterocycles. The molecular formula is C16H23N3O4. The van der Waals surface area contributed by atoms with Crippen molar-refractivity contribution in [3.63, 3.8) is 0 Å². The summed E-state index contributed by atoms with van der Waals surface area (Å²) in [5.74, 6) is 0.466.